The van der Waals surface area contributed by atoms with Crippen molar-refractivity contribution in [3.63, 3.8) is 0 Å². The number of carbonyl (C=O) groups is 1. The zero-order valence-electron chi connectivity index (χ0n) is 13.6. The lowest BCUT2D eigenvalue weighted by Crippen LogP contribution is -2.14. The first-order valence-electron chi connectivity index (χ1n) is 7.66. The van der Waals surface area contributed by atoms with E-state index in [0.29, 0.717) is 17.2 Å². The van der Waals surface area contributed by atoms with Gasteiger partial charge in [-0.05, 0) is 30.3 Å². The van der Waals surface area contributed by atoms with Crippen LogP contribution >= 0.6 is 0 Å². The van der Waals surface area contributed by atoms with Gasteiger partial charge in [0.25, 0.3) is 15.9 Å². The number of fused-ring (bicyclic) bond motifs is 2. The maximum Gasteiger partial charge on any atom is 0.265 e. The molecule has 1 aliphatic heterocycles. The van der Waals surface area contributed by atoms with E-state index in [0.717, 1.165) is 0 Å². The summed E-state index contributed by atoms with van der Waals surface area (Å²) in [5.74, 6) is 0.479. The zero-order valence-corrected chi connectivity index (χ0v) is 14.4. The molecule has 2 aromatic carbocycles. The van der Waals surface area contributed by atoms with Crippen molar-refractivity contribution in [2.45, 2.75) is 4.90 Å². The predicted molar refractivity (Wildman–Crippen MR) is 94.9 cm³/mol. The van der Waals surface area contributed by atoms with Crippen molar-refractivity contribution in [1.82, 2.24) is 9.78 Å². The number of carbonyl (C=O) groups excluding carboxylic acids is 1. The minimum Gasteiger partial charge on any atom is -0.454 e. The Morgan fingerprint density at radius 2 is 1.96 bits per heavy atom. The average molecular weight is 370 g/mol. The fraction of sp³-hybridized carbons (Fsp3) is 0.0588. The second-order valence-corrected chi connectivity index (χ2v) is 7.40. The maximum atomic E-state index is 12.5. The average Bonchev–Trinajstić information content (AvgIpc) is 2.99. The topological polar surface area (TPSA) is 102 Å². The van der Waals surface area contributed by atoms with Crippen LogP contribution < -0.4 is 14.8 Å². The third-order valence-electron chi connectivity index (χ3n) is 3.82. The molecule has 0 saturated heterocycles. The number of benzene rings is 2. The van der Waals surface area contributed by atoms with E-state index in [1.807, 2.05) is 0 Å². The second-order valence-electron chi connectivity index (χ2n) is 5.72. The van der Waals surface area contributed by atoms with Gasteiger partial charge in [-0.1, -0.05) is 12.1 Å². The van der Waals surface area contributed by atoms with Crippen molar-refractivity contribution in [1.29, 1.82) is 0 Å². The molecule has 9 heteroatoms. The lowest BCUT2D eigenvalue weighted by molar-refractivity contribution is 0.102. The lowest BCUT2D eigenvalue weighted by Gasteiger charge is -2.10. The predicted octanol–water partition coefficient (Wildman–Crippen LogP) is 2.58. The van der Waals surface area contributed by atoms with Gasteiger partial charge in [0.1, 0.15) is 10.6 Å². The fourth-order valence-electron chi connectivity index (χ4n) is 2.58. The number of ether oxygens (including phenoxy) is 1. The molecular formula is C17H14N4O4S. The standard InChI is InChI=1S/C17H14N4O4S/c1-21-10-12(9-18-21)26(23,24)20-11-6-7-15-13(8-11)17(22)19-14-4-2-3-5-16(14)25-15/h2-10,20H,1H3,(H,19,22). The van der Waals surface area contributed by atoms with Crippen LogP contribution in [-0.4, -0.2) is 24.1 Å². The van der Waals surface area contributed by atoms with Crippen LogP contribution in [0.15, 0.2) is 59.8 Å². The summed E-state index contributed by atoms with van der Waals surface area (Å²) in [6.45, 7) is 0. The van der Waals surface area contributed by atoms with Gasteiger partial charge in [0, 0.05) is 18.9 Å². The van der Waals surface area contributed by atoms with Gasteiger partial charge in [-0.25, -0.2) is 8.42 Å². The number of amides is 1. The van der Waals surface area contributed by atoms with Crippen LogP contribution in [0.5, 0.6) is 11.5 Å². The number of rotatable bonds is 3. The highest BCUT2D eigenvalue weighted by Gasteiger charge is 2.22. The lowest BCUT2D eigenvalue weighted by atomic mass is 10.1. The number of nitrogens with zero attached hydrogens (tertiary/aromatic N) is 2. The first-order chi connectivity index (χ1) is 12.4. The van der Waals surface area contributed by atoms with Crippen LogP contribution in [0.25, 0.3) is 0 Å². The van der Waals surface area contributed by atoms with Crippen molar-refractivity contribution in [2.75, 3.05) is 10.0 Å². The molecule has 0 spiro atoms. The van der Waals surface area contributed by atoms with Crippen molar-refractivity contribution in [2.24, 2.45) is 7.05 Å². The number of hydrogen-bond donors (Lipinski definition) is 2. The Balaban J connectivity index is 1.68. The van der Waals surface area contributed by atoms with Gasteiger partial charge in [0.05, 0.1) is 17.4 Å². The summed E-state index contributed by atoms with van der Waals surface area (Å²) in [6, 6.07) is 11.6. The number of nitrogens with one attached hydrogen (secondary N) is 2. The number of anilines is 2. The molecule has 0 aliphatic carbocycles. The van der Waals surface area contributed by atoms with Crippen LogP contribution in [0.4, 0.5) is 11.4 Å². The number of aromatic nitrogens is 2. The molecule has 0 atom stereocenters. The van der Waals surface area contributed by atoms with Gasteiger partial charge in [-0.3, -0.25) is 14.2 Å². The summed E-state index contributed by atoms with van der Waals surface area (Å²) < 4.78 is 34.4. The molecule has 4 rings (SSSR count). The Bertz CT molecular complexity index is 1120. The van der Waals surface area contributed by atoms with E-state index in [1.165, 1.54) is 29.2 Å². The molecule has 1 amide bonds. The highest BCUT2D eigenvalue weighted by molar-refractivity contribution is 7.92. The second kappa shape index (κ2) is 5.88. The van der Waals surface area contributed by atoms with Crippen LogP contribution in [0.3, 0.4) is 0 Å². The number of sulfonamides is 1. The first-order valence-corrected chi connectivity index (χ1v) is 9.14. The molecule has 1 aromatic heterocycles. The van der Waals surface area contributed by atoms with Crippen molar-refractivity contribution >= 4 is 27.3 Å². The summed E-state index contributed by atoms with van der Waals surface area (Å²) in [4.78, 5) is 12.5. The normalized spacial score (nSPS) is 13.0. The van der Waals surface area contributed by atoms with Gasteiger partial charge >= 0.3 is 0 Å². The summed E-state index contributed by atoms with van der Waals surface area (Å²) in [6.07, 6.45) is 2.64. The highest BCUT2D eigenvalue weighted by Crippen LogP contribution is 2.36. The number of hydrogen-bond acceptors (Lipinski definition) is 5. The van der Waals surface area contributed by atoms with Crippen LogP contribution in [0.2, 0.25) is 0 Å². The Morgan fingerprint density at radius 3 is 2.73 bits per heavy atom. The quantitative estimate of drug-likeness (QED) is 0.738. The van der Waals surface area contributed by atoms with E-state index in [9.17, 15) is 13.2 Å². The smallest absolute Gasteiger partial charge is 0.265 e. The molecule has 0 radical (unpaired) electrons. The number of para-hydroxylation sites is 2. The van der Waals surface area contributed by atoms with E-state index < -0.39 is 10.0 Å². The summed E-state index contributed by atoms with van der Waals surface area (Å²) >= 11 is 0. The molecular weight excluding hydrogens is 356 g/mol. The number of aryl methyl sites for hydroxylation is 1. The largest absolute Gasteiger partial charge is 0.454 e. The first kappa shape index (κ1) is 16.2. The van der Waals surface area contributed by atoms with E-state index in [4.69, 9.17) is 4.74 Å². The molecule has 2 N–H and O–H groups in total. The Labute approximate surface area is 149 Å². The van der Waals surface area contributed by atoms with Gasteiger partial charge < -0.3 is 10.1 Å². The Kier molecular flexibility index (Phi) is 3.66. The minimum atomic E-state index is -3.81. The zero-order chi connectivity index (χ0) is 18.3. The summed E-state index contributed by atoms with van der Waals surface area (Å²) in [7, 11) is -2.18. The molecule has 0 fully saturated rings. The van der Waals surface area contributed by atoms with Crippen LogP contribution in [-0.2, 0) is 17.1 Å². The van der Waals surface area contributed by atoms with Gasteiger partial charge in [0.15, 0.2) is 5.75 Å². The van der Waals surface area contributed by atoms with Gasteiger partial charge in [-0.15, -0.1) is 0 Å². The molecule has 0 bridgehead atoms. The van der Waals surface area contributed by atoms with Gasteiger partial charge in [-0.2, -0.15) is 5.10 Å². The molecule has 132 valence electrons. The molecule has 8 nitrogen and oxygen atoms in total. The van der Waals surface area contributed by atoms with Crippen molar-refractivity contribution in [3.05, 3.63) is 60.4 Å². The van der Waals surface area contributed by atoms with Crippen LogP contribution in [0, 0.1) is 0 Å². The van der Waals surface area contributed by atoms with E-state index in [2.05, 4.69) is 15.1 Å². The summed E-state index contributed by atoms with van der Waals surface area (Å²) in [5.41, 5.74) is 1.02. The molecule has 0 unspecified atom stereocenters. The molecule has 1 aliphatic rings. The Hall–Kier alpha value is -3.33. The highest BCUT2D eigenvalue weighted by atomic mass is 32.2. The van der Waals surface area contributed by atoms with E-state index in [1.54, 1.807) is 37.4 Å². The van der Waals surface area contributed by atoms with E-state index >= 15 is 0 Å². The molecule has 2 heterocycles. The SMILES string of the molecule is Cn1cc(S(=O)(=O)Nc2ccc3c(c2)C(=O)Nc2ccccc2O3)cn1. The Morgan fingerprint density at radius 1 is 1.15 bits per heavy atom. The molecule has 26 heavy (non-hydrogen) atoms. The minimum absolute atomic E-state index is 0.0306. The van der Waals surface area contributed by atoms with Crippen molar-refractivity contribution < 1.29 is 17.9 Å². The fourth-order valence-corrected chi connectivity index (χ4v) is 3.61. The third kappa shape index (κ3) is 2.88. The van der Waals surface area contributed by atoms with Crippen LogP contribution in [0.1, 0.15) is 10.4 Å². The summed E-state index contributed by atoms with van der Waals surface area (Å²) in [5, 5.41) is 6.60. The van der Waals surface area contributed by atoms with E-state index in [-0.39, 0.29) is 22.1 Å². The third-order valence-corrected chi connectivity index (χ3v) is 5.16. The maximum absolute atomic E-state index is 12.5. The van der Waals surface area contributed by atoms with Crippen molar-refractivity contribution in [3.8, 4) is 11.5 Å². The van der Waals surface area contributed by atoms with Gasteiger partial charge in [0.2, 0.25) is 0 Å². The molecule has 3 aromatic rings. The monoisotopic (exact) mass is 370 g/mol. The molecule has 0 saturated carbocycles.